The molecule has 0 radical (unpaired) electrons. The van der Waals surface area contributed by atoms with Crippen LogP contribution in [0.2, 0.25) is 0 Å². The lowest BCUT2D eigenvalue weighted by Crippen LogP contribution is -2.42. The number of benzene rings is 1. The fourth-order valence-electron chi connectivity index (χ4n) is 2.69. The quantitative estimate of drug-likeness (QED) is 0.622. The molecule has 1 atom stereocenters. The number of likely N-dealkylation sites (tertiary alicyclic amines) is 1. The Balaban J connectivity index is 0.000000450. The minimum absolute atomic E-state index is 0.205. The van der Waals surface area contributed by atoms with Gasteiger partial charge in [-0.2, -0.15) is 0 Å². The van der Waals surface area contributed by atoms with Crippen LogP contribution < -0.4 is 4.90 Å². The third-order valence-electron chi connectivity index (χ3n) is 3.79. The number of rotatable bonds is 5. The molecule has 136 valence electrons. The van der Waals surface area contributed by atoms with Crippen molar-refractivity contribution in [2.45, 2.75) is 25.8 Å². The molecular weight excluding hydrogens is 324 g/mol. The molecule has 7 nitrogen and oxygen atoms in total. The fraction of sp³-hybridized carbons (Fsp3) is 0.389. The number of carboxylic acids is 2. The van der Waals surface area contributed by atoms with E-state index in [1.54, 1.807) is 0 Å². The van der Waals surface area contributed by atoms with Crippen molar-refractivity contribution in [3.05, 3.63) is 43.0 Å². The van der Waals surface area contributed by atoms with Crippen LogP contribution in [0, 0.1) is 0 Å². The van der Waals surface area contributed by atoms with Gasteiger partial charge in [0.05, 0.1) is 6.04 Å². The third kappa shape index (κ3) is 6.39. The lowest BCUT2D eigenvalue weighted by atomic mass is 10.1. The van der Waals surface area contributed by atoms with Crippen LogP contribution in [0.4, 0.5) is 5.69 Å². The van der Waals surface area contributed by atoms with Gasteiger partial charge >= 0.3 is 11.9 Å². The Bertz CT molecular complexity index is 591. The smallest absolute Gasteiger partial charge is 0.414 e. The summed E-state index contributed by atoms with van der Waals surface area (Å²) in [7, 11) is 0. The van der Waals surface area contributed by atoms with Gasteiger partial charge in [-0.3, -0.25) is 9.69 Å². The Kier molecular flexibility index (Phi) is 8.35. The third-order valence-corrected chi connectivity index (χ3v) is 3.79. The molecule has 0 spiro atoms. The Labute approximate surface area is 147 Å². The summed E-state index contributed by atoms with van der Waals surface area (Å²) in [6.07, 6.45) is 3.51. The summed E-state index contributed by atoms with van der Waals surface area (Å²) < 4.78 is 0. The second-order valence-electron chi connectivity index (χ2n) is 5.55. The highest BCUT2D eigenvalue weighted by Gasteiger charge is 2.30. The average molecular weight is 348 g/mol. The number of para-hydroxylation sites is 1. The molecule has 1 aromatic carbocycles. The number of anilines is 1. The van der Waals surface area contributed by atoms with Gasteiger partial charge in [-0.25, -0.2) is 9.59 Å². The minimum Gasteiger partial charge on any atom is -0.473 e. The van der Waals surface area contributed by atoms with Crippen LogP contribution in [0.15, 0.2) is 43.0 Å². The van der Waals surface area contributed by atoms with Gasteiger partial charge in [0.1, 0.15) is 0 Å². The molecule has 1 aliphatic rings. The van der Waals surface area contributed by atoms with Crippen LogP contribution >= 0.6 is 0 Å². The van der Waals surface area contributed by atoms with Crippen molar-refractivity contribution in [2.24, 2.45) is 0 Å². The first-order valence-electron chi connectivity index (χ1n) is 8.07. The zero-order valence-corrected chi connectivity index (χ0v) is 14.3. The lowest BCUT2D eigenvalue weighted by molar-refractivity contribution is -0.159. The Morgan fingerprint density at radius 2 is 1.84 bits per heavy atom. The second-order valence-corrected chi connectivity index (χ2v) is 5.55. The van der Waals surface area contributed by atoms with Crippen LogP contribution in [0.3, 0.4) is 0 Å². The normalized spacial score (nSPS) is 16.4. The summed E-state index contributed by atoms with van der Waals surface area (Å²) in [5.74, 6) is -3.44. The molecule has 1 amide bonds. The first-order valence-corrected chi connectivity index (χ1v) is 8.07. The van der Waals surface area contributed by atoms with E-state index in [9.17, 15) is 4.79 Å². The molecule has 1 heterocycles. The monoisotopic (exact) mass is 348 g/mol. The number of amides is 1. The lowest BCUT2D eigenvalue weighted by Gasteiger charge is -2.29. The largest absolute Gasteiger partial charge is 0.473 e. The van der Waals surface area contributed by atoms with E-state index in [0.717, 1.165) is 31.7 Å². The number of hydrogen-bond acceptors (Lipinski definition) is 4. The minimum atomic E-state index is -1.82. The molecule has 1 unspecified atom stereocenters. The Morgan fingerprint density at radius 3 is 2.32 bits per heavy atom. The zero-order chi connectivity index (χ0) is 18.8. The van der Waals surface area contributed by atoms with Crippen molar-refractivity contribution in [1.82, 2.24) is 4.90 Å². The van der Waals surface area contributed by atoms with E-state index >= 15 is 0 Å². The Morgan fingerprint density at radius 1 is 1.24 bits per heavy atom. The summed E-state index contributed by atoms with van der Waals surface area (Å²) in [4.78, 5) is 34.8. The molecule has 0 aromatic heterocycles. The maximum absolute atomic E-state index is 12.3. The van der Waals surface area contributed by atoms with Gasteiger partial charge in [-0.15, -0.1) is 6.58 Å². The molecule has 0 bridgehead atoms. The van der Waals surface area contributed by atoms with Gasteiger partial charge in [-0.1, -0.05) is 31.2 Å². The van der Waals surface area contributed by atoms with Crippen LogP contribution in [0.25, 0.3) is 0 Å². The molecular formula is C18H24N2O5. The number of carbonyl (C=O) groups is 3. The molecule has 2 N–H and O–H groups in total. The SMILES string of the molecule is C=CCN1CCC(N(C(=O)CC)c2ccccc2)C1.O=C(O)C(=O)O. The molecule has 0 aliphatic carbocycles. The van der Waals surface area contributed by atoms with Gasteiger partial charge < -0.3 is 15.1 Å². The summed E-state index contributed by atoms with van der Waals surface area (Å²) in [5.41, 5.74) is 1.01. The predicted molar refractivity (Wildman–Crippen MR) is 94.5 cm³/mol. The zero-order valence-electron chi connectivity index (χ0n) is 14.3. The van der Waals surface area contributed by atoms with Crippen LogP contribution in [-0.4, -0.2) is 58.6 Å². The molecule has 1 aliphatic heterocycles. The number of carboxylic acid groups (broad SMARTS) is 2. The fourth-order valence-corrected chi connectivity index (χ4v) is 2.69. The van der Waals surface area contributed by atoms with E-state index in [1.807, 2.05) is 48.2 Å². The topological polar surface area (TPSA) is 98.2 Å². The Hall–Kier alpha value is -2.67. The highest BCUT2D eigenvalue weighted by Crippen LogP contribution is 2.23. The number of hydrogen-bond donors (Lipinski definition) is 2. The highest BCUT2D eigenvalue weighted by molar-refractivity contribution is 6.27. The van der Waals surface area contributed by atoms with Gasteiger partial charge in [0.25, 0.3) is 0 Å². The van der Waals surface area contributed by atoms with Gasteiger partial charge in [0.2, 0.25) is 5.91 Å². The van der Waals surface area contributed by atoms with E-state index in [4.69, 9.17) is 19.8 Å². The first-order chi connectivity index (χ1) is 11.9. The van der Waals surface area contributed by atoms with Crippen molar-refractivity contribution in [3.63, 3.8) is 0 Å². The van der Waals surface area contributed by atoms with Crippen molar-refractivity contribution >= 4 is 23.5 Å². The molecule has 7 heteroatoms. The van der Waals surface area contributed by atoms with E-state index in [-0.39, 0.29) is 11.9 Å². The summed E-state index contributed by atoms with van der Waals surface area (Å²) in [6, 6.07) is 10.3. The van der Waals surface area contributed by atoms with Crippen molar-refractivity contribution in [1.29, 1.82) is 0 Å². The van der Waals surface area contributed by atoms with Crippen molar-refractivity contribution in [2.75, 3.05) is 24.5 Å². The molecule has 2 rings (SSSR count). The van der Waals surface area contributed by atoms with Crippen molar-refractivity contribution < 1.29 is 24.6 Å². The van der Waals surface area contributed by atoms with E-state index < -0.39 is 11.9 Å². The maximum atomic E-state index is 12.3. The van der Waals surface area contributed by atoms with Gasteiger partial charge in [-0.05, 0) is 18.6 Å². The highest BCUT2D eigenvalue weighted by atomic mass is 16.4. The summed E-state index contributed by atoms with van der Waals surface area (Å²) in [5, 5.41) is 14.8. The van der Waals surface area contributed by atoms with Crippen LogP contribution in [0.5, 0.6) is 0 Å². The first kappa shape index (κ1) is 20.4. The summed E-state index contributed by atoms with van der Waals surface area (Å²) >= 11 is 0. The second kappa shape index (κ2) is 10.2. The molecule has 25 heavy (non-hydrogen) atoms. The standard InChI is InChI=1S/C16H22N2O.C2H2O4/c1-3-11-17-12-10-15(13-17)18(16(19)4-2)14-8-6-5-7-9-14;3-1(4)2(5)6/h3,5-9,15H,1,4,10-13H2,2H3;(H,3,4)(H,5,6). The van der Waals surface area contributed by atoms with Crippen LogP contribution in [0.1, 0.15) is 19.8 Å². The molecule has 1 aromatic rings. The molecule has 1 fully saturated rings. The van der Waals surface area contributed by atoms with E-state index in [2.05, 4.69) is 11.5 Å². The predicted octanol–water partition coefficient (Wildman–Crippen LogP) is 1.85. The number of carbonyl (C=O) groups excluding carboxylic acids is 1. The number of aliphatic carboxylic acids is 2. The van der Waals surface area contributed by atoms with Crippen LogP contribution in [-0.2, 0) is 14.4 Å². The van der Waals surface area contributed by atoms with E-state index in [0.29, 0.717) is 6.42 Å². The molecule has 0 saturated carbocycles. The average Bonchev–Trinajstić information content (AvgIpc) is 3.05. The van der Waals surface area contributed by atoms with Gasteiger partial charge in [0.15, 0.2) is 0 Å². The number of nitrogens with zero attached hydrogens (tertiary/aromatic N) is 2. The van der Waals surface area contributed by atoms with Crippen molar-refractivity contribution in [3.8, 4) is 0 Å². The summed E-state index contributed by atoms with van der Waals surface area (Å²) in [6.45, 7) is 8.58. The van der Waals surface area contributed by atoms with E-state index in [1.165, 1.54) is 0 Å². The molecule has 1 saturated heterocycles. The van der Waals surface area contributed by atoms with Gasteiger partial charge in [0, 0.05) is 31.7 Å². The maximum Gasteiger partial charge on any atom is 0.414 e.